The van der Waals surface area contributed by atoms with E-state index in [4.69, 9.17) is 16.8 Å². The Labute approximate surface area is 144 Å². The van der Waals surface area contributed by atoms with Gasteiger partial charge < -0.3 is 5.21 Å². The van der Waals surface area contributed by atoms with Crippen molar-refractivity contribution in [3.05, 3.63) is 68.9 Å². The fourth-order valence-corrected chi connectivity index (χ4v) is 3.94. The highest BCUT2D eigenvalue weighted by molar-refractivity contribution is 8.22. The van der Waals surface area contributed by atoms with Crippen molar-refractivity contribution in [3.63, 3.8) is 0 Å². The van der Waals surface area contributed by atoms with E-state index in [1.807, 2.05) is 0 Å². The Balaban J connectivity index is 2.25. The molecule has 0 unspecified atom stereocenters. The lowest BCUT2D eigenvalue weighted by Crippen LogP contribution is -1.83. The summed E-state index contributed by atoms with van der Waals surface area (Å²) in [5.41, 5.74) is 2.42. The normalized spacial score (nSPS) is 10.9. The SMILES string of the molecule is Cc1ccc(SC(Sc2ccc(C)cc2)=C(Cl)/C=N\O)cc1. The Bertz CT molecular complexity index is 629. The van der Waals surface area contributed by atoms with Gasteiger partial charge in [-0.3, -0.25) is 0 Å². The van der Waals surface area contributed by atoms with Crippen LogP contribution in [0.4, 0.5) is 0 Å². The van der Waals surface area contributed by atoms with Gasteiger partial charge in [0.2, 0.25) is 0 Å². The van der Waals surface area contributed by atoms with Gasteiger partial charge in [0, 0.05) is 9.79 Å². The van der Waals surface area contributed by atoms with Gasteiger partial charge >= 0.3 is 0 Å². The predicted octanol–water partition coefficient (Wildman–Crippen LogP) is 6.06. The van der Waals surface area contributed by atoms with Crippen LogP contribution in [-0.4, -0.2) is 11.4 Å². The number of aryl methyl sites for hydroxylation is 2. The minimum absolute atomic E-state index is 0.415. The van der Waals surface area contributed by atoms with Gasteiger partial charge in [0.25, 0.3) is 0 Å². The van der Waals surface area contributed by atoms with Crippen molar-refractivity contribution in [2.24, 2.45) is 5.16 Å². The summed E-state index contributed by atoms with van der Waals surface area (Å²) in [5, 5.41) is 12.2. The molecule has 0 amide bonds. The molecule has 0 heterocycles. The Morgan fingerprint density at radius 3 is 1.68 bits per heavy atom. The summed E-state index contributed by atoms with van der Waals surface area (Å²) in [6.07, 6.45) is 1.25. The monoisotopic (exact) mass is 349 g/mol. The van der Waals surface area contributed by atoms with E-state index in [0.717, 1.165) is 14.0 Å². The molecule has 114 valence electrons. The second kappa shape index (κ2) is 8.32. The van der Waals surface area contributed by atoms with Gasteiger partial charge in [-0.2, -0.15) is 0 Å². The summed E-state index contributed by atoms with van der Waals surface area (Å²) >= 11 is 9.34. The van der Waals surface area contributed by atoms with Gasteiger partial charge in [0.15, 0.2) is 0 Å². The van der Waals surface area contributed by atoms with Crippen LogP contribution in [-0.2, 0) is 0 Å². The van der Waals surface area contributed by atoms with Gasteiger partial charge in [-0.25, -0.2) is 0 Å². The first-order valence-electron chi connectivity index (χ1n) is 6.65. The predicted molar refractivity (Wildman–Crippen MR) is 97.2 cm³/mol. The number of nitrogens with zero attached hydrogens (tertiary/aromatic N) is 1. The highest BCUT2D eigenvalue weighted by Crippen LogP contribution is 2.41. The van der Waals surface area contributed by atoms with E-state index in [2.05, 4.69) is 67.5 Å². The number of oxime groups is 1. The molecule has 0 bridgehead atoms. The molecule has 0 saturated carbocycles. The molecule has 0 atom stereocenters. The van der Waals surface area contributed by atoms with Crippen molar-refractivity contribution < 1.29 is 5.21 Å². The van der Waals surface area contributed by atoms with Crippen molar-refractivity contribution in [1.29, 1.82) is 0 Å². The molecule has 0 aromatic heterocycles. The standard InChI is InChI=1S/C17H16ClNOS2/c1-12-3-7-14(8-4-12)21-17(16(18)11-19-20)22-15-9-5-13(2)6-10-15/h3-11,20H,1-2H3/b19-11-. The van der Waals surface area contributed by atoms with E-state index in [-0.39, 0.29) is 0 Å². The van der Waals surface area contributed by atoms with Crippen LogP contribution in [0.1, 0.15) is 11.1 Å². The number of thioether (sulfide) groups is 2. The Morgan fingerprint density at radius 1 is 0.909 bits per heavy atom. The van der Waals surface area contributed by atoms with E-state index in [1.165, 1.54) is 17.3 Å². The maximum absolute atomic E-state index is 8.72. The molecule has 0 saturated heterocycles. The third-order valence-electron chi connectivity index (χ3n) is 2.83. The fraction of sp³-hybridized carbons (Fsp3) is 0.118. The molecule has 2 rings (SSSR count). The second-order valence-electron chi connectivity index (χ2n) is 4.71. The van der Waals surface area contributed by atoms with E-state index < -0.39 is 0 Å². The third kappa shape index (κ3) is 5.13. The van der Waals surface area contributed by atoms with Crippen LogP contribution < -0.4 is 0 Å². The number of rotatable bonds is 5. The summed E-state index contributed by atoms with van der Waals surface area (Å²) in [7, 11) is 0. The quantitative estimate of drug-likeness (QED) is 0.308. The van der Waals surface area contributed by atoms with Crippen LogP contribution in [0.3, 0.4) is 0 Å². The van der Waals surface area contributed by atoms with Gasteiger partial charge in [-0.1, -0.05) is 75.7 Å². The van der Waals surface area contributed by atoms with E-state index in [1.54, 1.807) is 23.5 Å². The summed E-state index contributed by atoms with van der Waals surface area (Å²) in [6.45, 7) is 4.11. The second-order valence-corrected chi connectivity index (χ2v) is 7.54. The first kappa shape index (κ1) is 17.0. The highest BCUT2D eigenvalue weighted by Gasteiger charge is 2.09. The summed E-state index contributed by atoms with van der Waals surface area (Å²) in [5.74, 6) is 0. The molecule has 2 aromatic carbocycles. The molecular weight excluding hydrogens is 334 g/mol. The number of hydrogen-bond acceptors (Lipinski definition) is 4. The maximum Gasteiger partial charge on any atom is 0.0864 e. The lowest BCUT2D eigenvalue weighted by atomic mass is 10.2. The average Bonchev–Trinajstić information content (AvgIpc) is 2.51. The van der Waals surface area contributed by atoms with Crippen LogP contribution in [0.5, 0.6) is 0 Å². The summed E-state index contributed by atoms with van der Waals surface area (Å²) < 4.78 is 0.868. The largest absolute Gasteiger partial charge is 0.411 e. The number of hydrogen-bond donors (Lipinski definition) is 1. The van der Waals surface area contributed by atoms with Crippen molar-refractivity contribution in [2.75, 3.05) is 0 Å². The van der Waals surface area contributed by atoms with Crippen LogP contribution in [0.2, 0.25) is 0 Å². The zero-order valence-corrected chi connectivity index (χ0v) is 14.7. The van der Waals surface area contributed by atoms with Crippen molar-refractivity contribution in [2.45, 2.75) is 23.6 Å². The van der Waals surface area contributed by atoms with Gasteiger partial charge in [0.1, 0.15) is 0 Å². The van der Waals surface area contributed by atoms with Crippen LogP contribution >= 0.6 is 35.1 Å². The Morgan fingerprint density at radius 2 is 1.32 bits per heavy atom. The minimum atomic E-state index is 0.415. The molecule has 0 spiro atoms. The lowest BCUT2D eigenvalue weighted by molar-refractivity contribution is 0.322. The molecule has 1 N–H and O–H groups in total. The highest BCUT2D eigenvalue weighted by atomic mass is 35.5. The molecule has 5 heteroatoms. The molecule has 0 aliphatic heterocycles. The summed E-state index contributed by atoms with van der Waals surface area (Å²) in [4.78, 5) is 2.18. The molecule has 2 nitrogen and oxygen atoms in total. The molecule has 2 aromatic rings. The van der Waals surface area contributed by atoms with Crippen molar-refractivity contribution in [1.82, 2.24) is 0 Å². The molecule has 0 aliphatic carbocycles. The van der Waals surface area contributed by atoms with Crippen LogP contribution in [0.25, 0.3) is 0 Å². The van der Waals surface area contributed by atoms with Gasteiger partial charge in [-0.15, -0.1) is 0 Å². The van der Waals surface area contributed by atoms with E-state index >= 15 is 0 Å². The van der Waals surface area contributed by atoms with Crippen molar-refractivity contribution >= 4 is 41.3 Å². The van der Waals surface area contributed by atoms with E-state index in [9.17, 15) is 0 Å². The molecule has 0 aliphatic rings. The first-order chi connectivity index (χ1) is 10.6. The van der Waals surface area contributed by atoms with Crippen LogP contribution in [0.15, 0.2) is 72.7 Å². The number of allylic oxidation sites excluding steroid dienone is 1. The topological polar surface area (TPSA) is 32.6 Å². The molecule has 0 fully saturated rings. The molecule has 0 radical (unpaired) electrons. The average molecular weight is 350 g/mol. The lowest BCUT2D eigenvalue weighted by Gasteiger charge is -2.09. The van der Waals surface area contributed by atoms with Crippen LogP contribution in [0, 0.1) is 13.8 Å². The minimum Gasteiger partial charge on any atom is -0.411 e. The van der Waals surface area contributed by atoms with E-state index in [0.29, 0.717) is 5.03 Å². The van der Waals surface area contributed by atoms with Gasteiger partial charge in [-0.05, 0) is 38.1 Å². The van der Waals surface area contributed by atoms with Crippen molar-refractivity contribution in [3.8, 4) is 0 Å². The number of benzene rings is 2. The maximum atomic E-state index is 8.72. The third-order valence-corrected chi connectivity index (χ3v) is 5.67. The zero-order valence-electron chi connectivity index (χ0n) is 12.3. The first-order valence-corrected chi connectivity index (χ1v) is 8.66. The number of halogens is 1. The molecule has 22 heavy (non-hydrogen) atoms. The smallest absolute Gasteiger partial charge is 0.0864 e. The zero-order chi connectivity index (χ0) is 15.9. The fourth-order valence-electron chi connectivity index (χ4n) is 1.65. The summed E-state index contributed by atoms with van der Waals surface area (Å²) in [6, 6.07) is 16.4. The molecular formula is C17H16ClNOS2. The van der Waals surface area contributed by atoms with Gasteiger partial charge in [0.05, 0.1) is 15.5 Å². The Kier molecular flexibility index (Phi) is 6.43. The Hall–Kier alpha value is -1.36.